The minimum Gasteiger partial charge on any atom is -0.381 e. The Morgan fingerprint density at radius 1 is 1.11 bits per heavy atom. The molecule has 0 aliphatic heterocycles. The third-order valence-electron chi connectivity index (χ3n) is 3.23. The zero-order valence-corrected chi connectivity index (χ0v) is 12.7. The lowest BCUT2D eigenvalue weighted by atomic mass is 10.1. The lowest BCUT2D eigenvalue weighted by Gasteiger charge is -2.13. The number of hydrogen-bond donors (Lipinski definition) is 1. The van der Waals surface area contributed by atoms with E-state index in [1.165, 1.54) is 11.6 Å². The van der Waals surface area contributed by atoms with Gasteiger partial charge >= 0.3 is 0 Å². The van der Waals surface area contributed by atoms with Gasteiger partial charge in [0.25, 0.3) is 0 Å². The maximum atomic E-state index is 13.2. The van der Waals surface area contributed by atoms with Crippen LogP contribution < -0.4 is 5.32 Å². The Labute approximate surface area is 122 Å². The summed E-state index contributed by atoms with van der Waals surface area (Å²) in [5.41, 5.74) is 4.45. The topological polar surface area (TPSA) is 12.0 Å². The van der Waals surface area contributed by atoms with Crippen molar-refractivity contribution in [2.24, 2.45) is 0 Å². The zero-order valence-electron chi connectivity index (χ0n) is 11.1. The Morgan fingerprint density at radius 2 is 1.89 bits per heavy atom. The van der Waals surface area contributed by atoms with Gasteiger partial charge in [0.05, 0.1) is 0 Å². The monoisotopic (exact) mass is 321 g/mol. The number of aryl methyl sites for hydroxylation is 2. The summed E-state index contributed by atoms with van der Waals surface area (Å²) >= 11 is 3.48. The van der Waals surface area contributed by atoms with E-state index in [1.54, 1.807) is 6.07 Å². The molecule has 0 unspecified atom stereocenters. The van der Waals surface area contributed by atoms with Crippen LogP contribution in [0.3, 0.4) is 0 Å². The highest BCUT2D eigenvalue weighted by Crippen LogP contribution is 2.22. The summed E-state index contributed by atoms with van der Waals surface area (Å²) in [6, 6.07) is 11.1. The average molecular weight is 322 g/mol. The van der Waals surface area contributed by atoms with E-state index in [1.807, 2.05) is 19.1 Å². The van der Waals surface area contributed by atoms with Crippen molar-refractivity contribution in [3.05, 3.63) is 63.4 Å². The molecule has 2 aromatic rings. The number of rotatable bonds is 4. The van der Waals surface area contributed by atoms with Crippen molar-refractivity contribution >= 4 is 21.6 Å². The third kappa shape index (κ3) is 3.57. The van der Waals surface area contributed by atoms with E-state index < -0.39 is 0 Å². The van der Waals surface area contributed by atoms with E-state index >= 15 is 0 Å². The first kappa shape index (κ1) is 14.1. The molecule has 3 heteroatoms. The van der Waals surface area contributed by atoms with Gasteiger partial charge in [-0.3, -0.25) is 0 Å². The van der Waals surface area contributed by atoms with Gasteiger partial charge in [0, 0.05) is 16.7 Å². The molecule has 0 aromatic heterocycles. The Hall–Kier alpha value is -1.35. The van der Waals surface area contributed by atoms with E-state index in [0.717, 1.165) is 27.7 Å². The molecule has 0 aliphatic carbocycles. The van der Waals surface area contributed by atoms with Gasteiger partial charge in [-0.05, 0) is 60.4 Å². The molecule has 0 atom stereocenters. The molecule has 0 fully saturated rings. The van der Waals surface area contributed by atoms with Gasteiger partial charge in [-0.2, -0.15) is 0 Å². The van der Waals surface area contributed by atoms with E-state index in [0.29, 0.717) is 6.54 Å². The van der Waals surface area contributed by atoms with Gasteiger partial charge < -0.3 is 5.32 Å². The van der Waals surface area contributed by atoms with Gasteiger partial charge in [0.2, 0.25) is 0 Å². The van der Waals surface area contributed by atoms with Crippen LogP contribution in [0.4, 0.5) is 10.1 Å². The molecule has 0 spiro atoms. The summed E-state index contributed by atoms with van der Waals surface area (Å²) in [5, 5.41) is 3.39. The first-order chi connectivity index (χ1) is 9.10. The summed E-state index contributed by atoms with van der Waals surface area (Å²) < 4.78 is 14.3. The van der Waals surface area contributed by atoms with Crippen LogP contribution in [-0.2, 0) is 13.0 Å². The van der Waals surface area contributed by atoms with E-state index in [2.05, 4.69) is 40.3 Å². The average Bonchev–Trinajstić information content (AvgIpc) is 2.40. The normalized spacial score (nSPS) is 10.5. The second kappa shape index (κ2) is 6.20. The molecule has 0 radical (unpaired) electrons. The molecular formula is C16H17BrFN. The molecule has 1 nitrogen and oxygen atoms in total. The van der Waals surface area contributed by atoms with Crippen molar-refractivity contribution in [2.45, 2.75) is 26.8 Å². The lowest BCUT2D eigenvalue weighted by Crippen LogP contribution is -2.04. The predicted octanol–water partition coefficient (Wildman–Crippen LogP) is 5.07. The molecule has 0 amide bonds. The summed E-state index contributed by atoms with van der Waals surface area (Å²) in [6.07, 6.45) is 0.962. The Balaban J connectivity index is 2.16. The quantitative estimate of drug-likeness (QED) is 0.828. The molecule has 1 N–H and O–H groups in total. The Morgan fingerprint density at radius 3 is 2.63 bits per heavy atom. The van der Waals surface area contributed by atoms with Crippen molar-refractivity contribution in [2.75, 3.05) is 5.32 Å². The second-order valence-corrected chi connectivity index (χ2v) is 5.50. The van der Waals surface area contributed by atoms with E-state index in [4.69, 9.17) is 0 Å². The molecule has 0 aliphatic rings. The maximum absolute atomic E-state index is 13.2. The lowest BCUT2D eigenvalue weighted by molar-refractivity contribution is 0.625. The van der Waals surface area contributed by atoms with Crippen LogP contribution in [-0.4, -0.2) is 0 Å². The Bertz CT molecular complexity index is 581. The van der Waals surface area contributed by atoms with Crippen LogP contribution >= 0.6 is 15.9 Å². The van der Waals surface area contributed by atoms with Crippen molar-refractivity contribution in [1.82, 2.24) is 0 Å². The summed E-state index contributed by atoms with van der Waals surface area (Å²) in [5.74, 6) is -0.186. The molecular weight excluding hydrogens is 305 g/mol. The van der Waals surface area contributed by atoms with Crippen LogP contribution in [0.2, 0.25) is 0 Å². The van der Waals surface area contributed by atoms with Crippen molar-refractivity contribution < 1.29 is 4.39 Å². The molecule has 100 valence electrons. The van der Waals surface area contributed by atoms with Crippen LogP contribution in [0.1, 0.15) is 23.6 Å². The Kier molecular flexibility index (Phi) is 4.59. The van der Waals surface area contributed by atoms with Crippen LogP contribution in [0, 0.1) is 12.7 Å². The molecule has 0 bridgehead atoms. The number of nitrogens with one attached hydrogen (secondary N) is 1. The van der Waals surface area contributed by atoms with Gasteiger partial charge in [0.15, 0.2) is 0 Å². The molecule has 2 rings (SSSR count). The highest BCUT2D eigenvalue weighted by Gasteiger charge is 2.04. The van der Waals surface area contributed by atoms with E-state index in [9.17, 15) is 4.39 Å². The highest BCUT2D eigenvalue weighted by molar-refractivity contribution is 9.10. The smallest absolute Gasteiger partial charge is 0.123 e. The fourth-order valence-electron chi connectivity index (χ4n) is 2.05. The largest absolute Gasteiger partial charge is 0.381 e. The first-order valence-electron chi connectivity index (χ1n) is 6.37. The first-order valence-corrected chi connectivity index (χ1v) is 7.16. The third-order valence-corrected chi connectivity index (χ3v) is 3.72. The molecule has 2 aromatic carbocycles. The fourth-order valence-corrected chi connectivity index (χ4v) is 2.46. The SMILES string of the molecule is CCc1cc(Br)ccc1NCc1cc(F)ccc1C. The van der Waals surface area contributed by atoms with Crippen molar-refractivity contribution in [3.8, 4) is 0 Å². The van der Waals surface area contributed by atoms with Crippen LogP contribution in [0.25, 0.3) is 0 Å². The fraction of sp³-hybridized carbons (Fsp3) is 0.250. The highest BCUT2D eigenvalue weighted by atomic mass is 79.9. The molecule has 0 saturated heterocycles. The van der Waals surface area contributed by atoms with Gasteiger partial charge in [0.1, 0.15) is 5.82 Å². The summed E-state index contributed by atoms with van der Waals surface area (Å²) in [6.45, 7) is 4.76. The molecule has 0 heterocycles. The predicted molar refractivity (Wildman–Crippen MR) is 82.0 cm³/mol. The summed E-state index contributed by atoms with van der Waals surface area (Å²) in [7, 11) is 0. The maximum Gasteiger partial charge on any atom is 0.123 e. The number of anilines is 1. The summed E-state index contributed by atoms with van der Waals surface area (Å²) in [4.78, 5) is 0. The zero-order chi connectivity index (χ0) is 13.8. The minimum absolute atomic E-state index is 0.186. The second-order valence-electron chi connectivity index (χ2n) is 4.58. The van der Waals surface area contributed by atoms with Crippen molar-refractivity contribution in [1.29, 1.82) is 0 Å². The molecule has 19 heavy (non-hydrogen) atoms. The van der Waals surface area contributed by atoms with Gasteiger partial charge in [-0.1, -0.05) is 28.9 Å². The number of halogens is 2. The number of hydrogen-bond acceptors (Lipinski definition) is 1. The van der Waals surface area contributed by atoms with E-state index in [-0.39, 0.29) is 5.82 Å². The van der Waals surface area contributed by atoms with Crippen LogP contribution in [0.5, 0.6) is 0 Å². The minimum atomic E-state index is -0.186. The van der Waals surface area contributed by atoms with Gasteiger partial charge in [-0.15, -0.1) is 0 Å². The number of benzene rings is 2. The van der Waals surface area contributed by atoms with Crippen LogP contribution in [0.15, 0.2) is 40.9 Å². The van der Waals surface area contributed by atoms with Crippen molar-refractivity contribution in [3.63, 3.8) is 0 Å². The molecule has 0 saturated carbocycles. The van der Waals surface area contributed by atoms with Gasteiger partial charge in [-0.25, -0.2) is 4.39 Å². The standard InChI is InChI=1S/C16H17BrFN/c1-3-12-8-14(17)5-7-16(12)19-10-13-9-15(18)6-4-11(13)2/h4-9,19H,3,10H2,1-2H3.